The molecule has 22 heavy (non-hydrogen) atoms. The molecule has 1 saturated heterocycles. The van der Waals surface area contributed by atoms with Gasteiger partial charge in [-0.3, -0.25) is 4.90 Å². The third-order valence-electron chi connectivity index (χ3n) is 4.19. The zero-order valence-electron chi connectivity index (χ0n) is 13.6. The lowest BCUT2D eigenvalue weighted by molar-refractivity contribution is 0.159. The Hall–Kier alpha value is -0.350. The number of unbranched alkanes of at least 4 members (excludes halogenated alkanes) is 2. The highest BCUT2D eigenvalue weighted by Gasteiger charge is 2.24. The van der Waals surface area contributed by atoms with Crippen LogP contribution in [0.3, 0.4) is 0 Å². The summed E-state index contributed by atoms with van der Waals surface area (Å²) in [6, 6.07) is 5.94. The highest BCUT2D eigenvalue weighted by Crippen LogP contribution is 2.29. The summed E-state index contributed by atoms with van der Waals surface area (Å²) in [4.78, 5) is 2.44. The first-order valence-corrected chi connectivity index (χ1v) is 7.93. The number of nitrogens with one attached hydrogen (secondary N) is 1. The highest BCUT2D eigenvalue weighted by atomic mass is 35.5. The maximum atomic E-state index is 14.3. The van der Waals surface area contributed by atoms with Gasteiger partial charge in [0, 0.05) is 37.8 Å². The van der Waals surface area contributed by atoms with Gasteiger partial charge in [0.1, 0.15) is 5.82 Å². The standard InChI is InChI=1S/C17H27FN2.2ClH/c1-3-4-5-6-17(20-11-9-19-10-12-20)15-8-7-14(2)13-16(15)18;;/h7-8,13,17,19H,3-6,9-12H2,1-2H3;2*1H/t17-;;/m0../s1. The molecule has 2 nitrogen and oxygen atoms in total. The molecule has 1 aromatic rings. The molecule has 1 aliphatic heterocycles. The van der Waals surface area contributed by atoms with Crippen molar-refractivity contribution in [2.45, 2.75) is 45.6 Å². The van der Waals surface area contributed by atoms with E-state index in [0.717, 1.165) is 43.7 Å². The Kier molecular flexibility index (Phi) is 11.0. The fraction of sp³-hybridized carbons (Fsp3) is 0.647. The Balaban J connectivity index is 0.00000220. The Morgan fingerprint density at radius 1 is 1.18 bits per heavy atom. The van der Waals surface area contributed by atoms with Gasteiger partial charge in [-0.15, -0.1) is 24.8 Å². The molecule has 0 spiro atoms. The van der Waals surface area contributed by atoms with E-state index < -0.39 is 0 Å². The lowest BCUT2D eigenvalue weighted by Gasteiger charge is -2.35. The second-order valence-electron chi connectivity index (χ2n) is 5.82. The van der Waals surface area contributed by atoms with Crippen LogP contribution in [0.15, 0.2) is 18.2 Å². The van der Waals surface area contributed by atoms with Gasteiger partial charge < -0.3 is 5.32 Å². The van der Waals surface area contributed by atoms with Crippen LogP contribution in [0.5, 0.6) is 0 Å². The van der Waals surface area contributed by atoms with Crippen LogP contribution in [0.4, 0.5) is 4.39 Å². The quantitative estimate of drug-likeness (QED) is 0.759. The van der Waals surface area contributed by atoms with E-state index in [1.54, 1.807) is 6.07 Å². The maximum Gasteiger partial charge on any atom is 0.128 e. The van der Waals surface area contributed by atoms with Gasteiger partial charge in [0.05, 0.1) is 0 Å². The topological polar surface area (TPSA) is 15.3 Å². The van der Waals surface area contributed by atoms with Crippen LogP contribution in [-0.4, -0.2) is 31.1 Å². The Morgan fingerprint density at radius 3 is 2.45 bits per heavy atom. The molecule has 1 heterocycles. The second kappa shape index (κ2) is 11.2. The number of halogens is 3. The van der Waals surface area contributed by atoms with Crippen molar-refractivity contribution >= 4 is 24.8 Å². The SMILES string of the molecule is CCCCC[C@@H](c1ccc(C)cc1F)N1CCNCC1.Cl.Cl. The molecule has 2 rings (SSSR count). The van der Waals surface area contributed by atoms with Gasteiger partial charge in [-0.2, -0.15) is 0 Å². The maximum absolute atomic E-state index is 14.3. The summed E-state index contributed by atoms with van der Waals surface area (Å²) in [6.07, 6.45) is 4.69. The Bertz CT molecular complexity index is 423. The number of rotatable bonds is 6. The number of benzene rings is 1. The predicted molar refractivity (Wildman–Crippen MR) is 97.0 cm³/mol. The van der Waals surface area contributed by atoms with Crippen LogP contribution in [0.1, 0.15) is 49.8 Å². The first-order valence-electron chi connectivity index (χ1n) is 7.93. The molecule has 0 amide bonds. The summed E-state index contributed by atoms with van der Waals surface area (Å²) >= 11 is 0. The van der Waals surface area contributed by atoms with Gasteiger partial charge in [0.2, 0.25) is 0 Å². The number of hydrogen-bond acceptors (Lipinski definition) is 2. The molecule has 1 N–H and O–H groups in total. The molecule has 0 aliphatic carbocycles. The van der Waals surface area contributed by atoms with Gasteiger partial charge in [-0.05, 0) is 25.0 Å². The van der Waals surface area contributed by atoms with Crippen molar-refractivity contribution in [3.8, 4) is 0 Å². The zero-order chi connectivity index (χ0) is 14.4. The van der Waals surface area contributed by atoms with E-state index in [-0.39, 0.29) is 36.7 Å². The molecule has 0 radical (unpaired) electrons. The van der Waals surface area contributed by atoms with Crippen LogP contribution in [0.2, 0.25) is 0 Å². The minimum atomic E-state index is -0.0370. The summed E-state index contributed by atoms with van der Waals surface area (Å²) in [7, 11) is 0. The van der Waals surface area contributed by atoms with E-state index in [4.69, 9.17) is 0 Å². The third-order valence-corrected chi connectivity index (χ3v) is 4.19. The molecule has 5 heteroatoms. The molecule has 0 aromatic heterocycles. The molecule has 0 unspecified atom stereocenters. The van der Waals surface area contributed by atoms with E-state index in [1.807, 2.05) is 19.1 Å². The summed E-state index contributed by atoms with van der Waals surface area (Å²) in [5, 5.41) is 3.38. The van der Waals surface area contributed by atoms with Gasteiger partial charge in [-0.25, -0.2) is 4.39 Å². The van der Waals surface area contributed by atoms with E-state index in [0.29, 0.717) is 0 Å². The van der Waals surface area contributed by atoms with Crippen LogP contribution in [0.25, 0.3) is 0 Å². The number of piperazine rings is 1. The van der Waals surface area contributed by atoms with E-state index in [2.05, 4.69) is 17.1 Å². The fourth-order valence-electron chi connectivity index (χ4n) is 3.02. The molecule has 1 aliphatic rings. The summed E-state index contributed by atoms with van der Waals surface area (Å²) in [5.41, 5.74) is 1.88. The zero-order valence-corrected chi connectivity index (χ0v) is 15.2. The largest absolute Gasteiger partial charge is 0.314 e. The normalized spacial score (nSPS) is 16.5. The van der Waals surface area contributed by atoms with Crippen molar-refractivity contribution in [3.05, 3.63) is 35.1 Å². The van der Waals surface area contributed by atoms with Crippen molar-refractivity contribution in [1.82, 2.24) is 10.2 Å². The minimum Gasteiger partial charge on any atom is -0.314 e. The summed E-state index contributed by atoms with van der Waals surface area (Å²) < 4.78 is 14.3. The first-order chi connectivity index (χ1) is 9.72. The highest BCUT2D eigenvalue weighted by molar-refractivity contribution is 5.85. The molecular formula is C17H29Cl2FN2. The van der Waals surface area contributed by atoms with Crippen LogP contribution < -0.4 is 5.32 Å². The second-order valence-corrected chi connectivity index (χ2v) is 5.82. The van der Waals surface area contributed by atoms with E-state index in [1.165, 1.54) is 19.3 Å². The fourth-order valence-corrected chi connectivity index (χ4v) is 3.02. The predicted octanol–water partition coefficient (Wildman–Crippen LogP) is 4.50. The lowest BCUT2D eigenvalue weighted by atomic mass is 9.96. The summed E-state index contributed by atoms with van der Waals surface area (Å²) in [5.74, 6) is -0.0370. The van der Waals surface area contributed by atoms with Crippen molar-refractivity contribution in [2.24, 2.45) is 0 Å². The lowest BCUT2D eigenvalue weighted by Crippen LogP contribution is -2.45. The molecule has 0 saturated carbocycles. The van der Waals surface area contributed by atoms with Crippen molar-refractivity contribution in [3.63, 3.8) is 0 Å². The van der Waals surface area contributed by atoms with Gasteiger partial charge in [0.25, 0.3) is 0 Å². The van der Waals surface area contributed by atoms with Crippen molar-refractivity contribution in [1.29, 1.82) is 0 Å². The average Bonchev–Trinajstić information content (AvgIpc) is 2.46. The van der Waals surface area contributed by atoms with Gasteiger partial charge in [-0.1, -0.05) is 38.3 Å². The van der Waals surface area contributed by atoms with Crippen molar-refractivity contribution < 1.29 is 4.39 Å². The molecule has 0 bridgehead atoms. The van der Waals surface area contributed by atoms with Crippen LogP contribution >= 0.6 is 24.8 Å². The monoisotopic (exact) mass is 350 g/mol. The Morgan fingerprint density at radius 2 is 1.86 bits per heavy atom. The first kappa shape index (κ1) is 21.6. The van der Waals surface area contributed by atoms with Crippen LogP contribution in [-0.2, 0) is 0 Å². The smallest absolute Gasteiger partial charge is 0.128 e. The molecule has 1 fully saturated rings. The minimum absolute atomic E-state index is 0. The Labute approximate surface area is 146 Å². The van der Waals surface area contributed by atoms with Gasteiger partial charge >= 0.3 is 0 Å². The van der Waals surface area contributed by atoms with Crippen molar-refractivity contribution in [2.75, 3.05) is 26.2 Å². The average molecular weight is 351 g/mol. The number of aryl methyl sites for hydroxylation is 1. The summed E-state index contributed by atoms with van der Waals surface area (Å²) in [6.45, 7) is 8.22. The van der Waals surface area contributed by atoms with E-state index >= 15 is 0 Å². The molecule has 1 atom stereocenters. The van der Waals surface area contributed by atoms with Gasteiger partial charge in [0.15, 0.2) is 0 Å². The number of nitrogens with zero attached hydrogens (tertiary/aromatic N) is 1. The number of hydrogen-bond donors (Lipinski definition) is 1. The molecule has 128 valence electrons. The molecule has 1 aromatic carbocycles. The molecular weight excluding hydrogens is 322 g/mol. The van der Waals surface area contributed by atoms with E-state index in [9.17, 15) is 4.39 Å². The third kappa shape index (κ3) is 6.04. The van der Waals surface area contributed by atoms with Crippen LogP contribution in [0, 0.1) is 12.7 Å².